The first-order chi connectivity index (χ1) is 12.8. The molecule has 0 unspecified atom stereocenters. The van der Waals surface area contributed by atoms with Gasteiger partial charge in [0.05, 0.1) is 0 Å². The molecule has 4 rings (SSSR count). The van der Waals surface area contributed by atoms with Gasteiger partial charge in [-0.15, -0.1) is 0 Å². The van der Waals surface area contributed by atoms with E-state index in [9.17, 15) is 0 Å². The molecule has 0 aromatic carbocycles. The largest absolute Gasteiger partial charge is 0.356 e. The third kappa shape index (κ3) is 3.87. The van der Waals surface area contributed by atoms with E-state index in [-0.39, 0.29) is 0 Å². The van der Waals surface area contributed by atoms with E-state index in [4.69, 9.17) is 4.98 Å². The number of hydrogen-bond donors (Lipinski definition) is 0. The number of piperidine rings is 1. The molecule has 3 aromatic heterocycles. The van der Waals surface area contributed by atoms with Gasteiger partial charge in [-0.1, -0.05) is 12.1 Å². The lowest BCUT2D eigenvalue weighted by atomic mass is 9.91. The number of aromatic nitrogens is 4. The molecule has 0 amide bonds. The van der Waals surface area contributed by atoms with Gasteiger partial charge in [0.2, 0.25) is 0 Å². The van der Waals surface area contributed by atoms with Crippen molar-refractivity contribution >= 4 is 5.82 Å². The van der Waals surface area contributed by atoms with E-state index in [1.165, 1.54) is 18.4 Å². The first-order valence-electron chi connectivity index (χ1n) is 9.19. The molecule has 0 radical (unpaired) electrons. The molecule has 132 valence electrons. The minimum absolute atomic E-state index is 0.707. The molecule has 0 aliphatic carbocycles. The fraction of sp³-hybridized carbons (Fsp3) is 0.333. The lowest BCUT2D eigenvalue weighted by Crippen LogP contribution is -2.35. The molecule has 4 heterocycles. The third-order valence-electron chi connectivity index (χ3n) is 4.92. The van der Waals surface area contributed by atoms with Crippen molar-refractivity contribution in [3.63, 3.8) is 0 Å². The zero-order valence-electron chi connectivity index (χ0n) is 15.0. The molecule has 1 aliphatic heterocycles. The van der Waals surface area contributed by atoms with Crippen LogP contribution in [0.1, 0.15) is 24.1 Å². The van der Waals surface area contributed by atoms with Crippen LogP contribution in [0.4, 0.5) is 5.82 Å². The van der Waals surface area contributed by atoms with Crippen molar-refractivity contribution in [2.45, 2.75) is 26.2 Å². The number of nitrogens with zero attached hydrogens (tertiary/aromatic N) is 5. The summed E-state index contributed by atoms with van der Waals surface area (Å²) in [5, 5.41) is 0. The normalized spacial score (nSPS) is 15.2. The van der Waals surface area contributed by atoms with Crippen LogP contribution >= 0.6 is 0 Å². The van der Waals surface area contributed by atoms with E-state index < -0.39 is 0 Å². The van der Waals surface area contributed by atoms with Crippen LogP contribution in [0.15, 0.2) is 55.0 Å². The zero-order chi connectivity index (χ0) is 17.8. The van der Waals surface area contributed by atoms with Gasteiger partial charge in [0.15, 0.2) is 5.82 Å². The molecule has 26 heavy (non-hydrogen) atoms. The van der Waals surface area contributed by atoms with Crippen LogP contribution in [0.25, 0.3) is 11.5 Å². The molecule has 1 aliphatic rings. The Morgan fingerprint density at radius 3 is 2.65 bits per heavy atom. The van der Waals surface area contributed by atoms with Gasteiger partial charge in [-0.05, 0) is 55.9 Å². The molecule has 0 bridgehead atoms. The Kier molecular flexibility index (Phi) is 4.86. The van der Waals surface area contributed by atoms with E-state index in [1.54, 1.807) is 6.20 Å². The molecule has 0 atom stereocenters. The maximum absolute atomic E-state index is 4.78. The van der Waals surface area contributed by atoms with E-state index in [2.05, 4.69) is 32.0 Å². The van der Waals surface area contributed by atoms with Crippen molar-refractivity contribution in [2.24, 2.45) is 5.92 Å². The predicted octanol–water partition coefficient (Wildman–Crippen LogP) is 3.70. The van der Waals surface area contributed by atoms with Crippen LogP contribution in [0, 0.1) is 12.8 Å². The quantitative estimate of drug-likeness (QED) is 0.722. The van der Waals surface area contributed by atoms with Gasteiger partial charge in [0.1, 0.15) is 11.5 Å². The van der Waals surface area contributed by atoms with Crippen LogP contribution < -0.4 is 4.90 Å². The SMILES string of the molecule is Cc1cc(N2CCC(Cc3cccnc3)CC2)nc(-c2ccccn2)n1. The summed E-state index contributed by atoms with van der Waals surface area (Å²) in [5.41, 5.74) is 3.14. The molecular formula is C21H23N5. The summed E-state index contributed by atoms with van der Waals surface area (Å²) >= 11 is 0. The van der Waals surface area contributed by atoms with Gasteiger partial charge in [-0.3, -0.25) is 9.97 Å². The predicted molar refractivity (Wildman–Crippen MR) is 103 cm³/mol. The van der Waals surface area contributed by atoms with Crippen LogP contribution in [0.3, 0.4) is 0 Å². The number of anilines is 1. The van der Waals surface area contributed by atoms with Gasteiger partial charge in [0.25, 0.3) is 0 Å². The lowest BCUT2D eigenvalue weighted by Gasteiger charge is -2.33. The minimum Gasteiger partial charge on any atom is -0.356 e. The van der Waals surface area contributed by atoms with E-state index in [0.29, 0.717) is 11.7 Å². The summed E-state index contributed by atoms with van der Waals surface area (Å²) in [6.07, 6.45) is 9.07. The second-order valence-electron chi connectivity index (χ2n) is 6.90. The summed E-state index contributed by atoms with van der Waals surface area (Å²) < 4.78 is 0. The van der Waals surface area contributed by atoms with Gasteiger partial charge < -0.3 is 4.90 Å². The van der Waals surface area contributed by atoms with Crippen molar-refractivity contribution in [1.29, 1.82) is 0 Å². The van der Waals surface area contributed by atoms with Crippen LogP contribution in [0.2, 0.25) is 0 Å². The maximum atomic E-state index is 4.78. The third-order valence-corrected chi connectivity index (χ3v) is 4.92. The average molecular weight is 345 g/mol. The second-order valence-corrected chi connectivity index (χ2v) is 6.90. The molecule has 0 saturated carbocycles. The fourth-order valence-corrected chi connectivity index (χ4v) is 3.54. The molecule has 5 nitrogen and oxygen atoms in total. The Hall–Kier alpha value is -2.82. The topological polar surface area (TPSA) is 54.8 Å². The average Bonchev–Trinajstić information content (AvgIpc) is 2.70. The monoisotopic (exact) mass is 345 g/mol. The summed E-state index contributed by atoms with van der Waals surface area (Å²) in [6, 6.07) is 12.1. The number of hydrogen-bond acceptors (Lipinski definition) is 5. The van der Waals surface area contributed by atoms with Crippen molar-refractivity contribution in [1.82, 2.24) is 19.9 Å². The highest BCUT2D eigenvalue weighted by Crippen LogP contribution is 2.26. The number of aryl methyl sites for hydroxylation is 1. The first-order valence-corrected chi connectivity index (χ1v) is 9.19. The summed E-state index contributed by atoms with van der Waals surface area (Å²) in [5.74, 6) is 2.43. The minimum atomic E-state index is 0.707. The lowest BCUT2D eigenvalue weighted by molar-refractivity contribution is 0.402. The van der Waals surface area contributed by atoms with E-state index in [1.807, 2.05) is 43.6 Å². The standard InChI is InChI=1S/C21H23N5/c1-16-13-20(25-21(24-16)19-6-2-3-10-23-19)26-11-7-17(8-12-26)14-18-5-4-9-22-15-18/h2-6,9-10,13,15,17H,7-8,11-12,14H2,1H3. The number of rotatable bonds is 4. The Bertz CT molecular complexity index is 843. The molecule has 5 heteroatoms. The summed E-state index contributed by atoms with van der Waals surface area (Å²) in [7, 11) is 0. The maximum Gasteiger partial charge on any atom is 0.180 e. The summed E-state index contributed by atoms with van der Waals surface area (Å²) in [4.78, 5) is 20.3. The smallest absolute Gasteiger partial charge is 0.180 e. The molecular weight excluding hydrogens is 322 g/mol. The van der Waals surface area contributed by atoms with Gasteiger partial charge in [-0.2, -0.15) is 0 Å². The Morgan fingerprint density at radius 1 is 1.04 bits per heavy atom. The fourth-order valence-electron chi connectivity index (χ4n) is 3.54. The Morgan fingerprint density at radius 2 is 1.92 bits per heavy atom. The molecule has 1 fully saturated rings. The highest BCUT2D eigenvalue weighted by atomic mass is 15.2. The number of pyridine rings is 2. The van der Waals surface area contributed by atoms with Gasteiger partial charge >= 0.3 is 0 Å². The van der Waals surface area contributed by atoms with Crippen LogP contribution in [-0.4, -0.2) is 33.0 Å². The van der Waals surface area contributed by atoms with Crippen molar-refractivity contribution in [2.75, 3.05) is 18.0 Å². The first kappa shape index (κ1) is 16.6. The van der Waals surface area contributed by atoms with E-state index in [0.717, 1.165) is 36.7 Å². The molecule has 3 aromatic rings. The van der Waals surface area contributed by atoms with Gasteiger partial charge in [-0.25, -0.2) is 9.97 Å². The zero-order valence-corrected chi connectivity index (χ0v) is 15.0. The highest BCUT2D eigenvalue weighted by Gasteiger charge is 2.21. The molecule has 0 N–H and O–H groups in total. The summed E-state index contributed by atoms with van der Waals surface area (Å²) in [6.45, 7) is 4.08. The molecule has 0 spiro atoms. The van der Waals surface area contributed by atoms with Crippen molar-refractivity contribution in [3.05, 3.63) is 66.2 Å². The highest BCUT2D eigenvalue weighted by molar-refractivity contribution is 5.53. The van der Waals surface area contributed by atoms with Crippen LogP contribution in [-0.2, 0) is 6.42 Å². The van der Waals surface area contributed by atoms with Crippen LogP contribution in [0.5, 0.6) is 0 Å². The van der Waals surface area contributed by atoms with Crippen molar-refractivity contribution in [3.8, 4) is 11.5 Å². The van der Waals surface area contributed by atoms with Gasteiger partial charge in [0, 0.05) is 43.4 Å². The molecule has 1 saturated heterocycles. The van der Waals surface area contributed by atoms with E-state index >= 15 is 0 Å². The van der Waals surface area contributed by atoms with Crippen molar-refractivity contribution < 1.29 is 0 Å². The Balaban J connectivity index is 1.45. The second kappa shape index (κ2) is 7.60. The Labute approximate surface area is 154 Å².